The number of aromatic nitrogens is 2. The number of aliphatic hydroxyl groups is 1. The van der Waals surface area contributed by atoms with E-state index in [0.29, 0.717) is 18.0 Å². The highest BCUT2D eigenvalue weighted by Crippen LogP contribution is 2.24. The molecule has 8 heteroatoms. The quantitative estimate of drug-likeness (QED) is 0.821. The number of nitrogens with zero attached hydrogens (tertiary/aromatic N) is 2. The maximum Gasteiger partial charge on any atom is 0.286 e. The molecule has 126 valence electrons. The molecular formula is C16H17N3O4S. The molecule has 1 aromatic heterocycles. The van der Waals surface area contributed by atoms with E-state index in [4.69, 9.17) is 4.74 Å². The number of carbonyl (C=O) groups excluding carboxylic acids is 2. The summed E-state index contributed by atoms with van der Waals surface area (Å²) in [5.74, 6) is 0.201. The van der Waals surface area contributed by atoms with Crippen molar-refractivity contribution in [2.45, 2.75) is 17.8 Å². The van der Waals surface area contributed by atoms with Crippen molar-refractivity contribution < 1.29 is 19.4 Å². The number of aryl methyl sites for hydroxylation is 1. The Kier molecular flexibility index (Phi) is 4.86. The minimum Gasteiger partial charge on any atom is -0.475 e. The van der Waals surface area contributed by atoms with Crippen LogP contribution < -0.4 is 10.1 Å². The van der Waals surface area contributed by atoms with Crippen molar-refractivity contribution >= 4 is 22.9 Å². The van der Waals surface area contributed by atoms with E-state index in [2.05, 4.69) is 10.4 Å². The van der Waals surface area contributed by atoms with Gasteiger partial charge in [0.05, 0.1) is 10.9 Å². The Bertz CT molecular complexity index is 747. The number of imide groups is 1. The van der Waals surface area contributed by atoms with Gasteiger partial charge in [0.1, 0.15) is 12.7 Å². The highest BCUT2D eigenvalue weighted by Gasteiger charge is 2.32. The average molecular weight is 347 g/mol. The van der Waals surface area contributed by atoms with Gasteiger partial charge in [-0.15, -0.1) is 0 Å². The highest BCUT2D eigenvalue weighted by molar-refractivity contribution is 8.15. The van der Waals surface area contributed by atoms with Crippen LogP contribution in [0.4, 0.5) is 4.79 Å². The molecule has 0 aliphatic carbocycles. The summed E-state index contributed by atoms with van der Waals surface area (Å²) < 4.78 is 7.17. The Balaban J connectivity index is 1.60. The van der Waals surface area contributed by atoms with Gasteiger partial charge < -0.3 is 9.84 Å². The molecule has 2 atom stereocenters. The molecule has 0 radical (unpaired) electrons. The Morgan fingerprint density at radius 1 is 1.38 bits per heavy atom. The number of hydrogen-bond acceptors (Lipinski definition) is 6. The number of thioether (sulfide) groups is 1. The Morgan fingerprint density at radius 2 is 2.12 bits per heavy atom. The van der Waals surface area contributed by atoms with E-state index >= 15 is 0 Å². The van der Waals surface area contributed by atoms with Gasteiger partial charge in [-0.2, -0.15) is 5.10 Å². The van der Waals surface area contributed by atoms with Crippen LogP contribution in [0.1, 0.15) is 17.4 Å². The number of ether oxygens (including phenoxy) is 1. The first-order valence-electron chi connectivity index (χ1n) is 7.43. The van der Waals surface area contributed by atoms with Gasteiger partial charge in [0.15, 0.2) is 0 Å². The Morgan fingerprint density at radius 3 is 2.79 bits per heavy atom. The molecule has 2 unspecified atom stereocenters. The van der Waals surface area contributed by atoms with Crippen LogP contribution in [-0.2, 0) is 18.3 Å². The van der Waals surface area contributed by atoms with Crippen molar-refractivity contribution in [3.63, 3.8) is 0 Å². The number of benzene rings is 1. The van der Waals surface area contributed by atoms with Crippen molar-refractivity contribution in [2.75, 3.05) is 6.61 Å². The lowest BCUT2D eigenvalue weighted by Crippen LogP contribution is -2.25. The molecule has 0 bridgehead atoms. The molecule has 2 N–H and O–H groups in total. The first kappa shape index (κ1) is 16.5. The van der Waals surface area contributed by atoms with E-state index in [1.165, 1.54) is 0 Å². The summed E-state index contributed by atoms with van der Waals surface area (Å²) in [5.41, 5.74) is 1.43. The van der Waals surface area contributed by atoms with Crippen molar-refractivity contribution in [1.82, 2.24) is 15.1 Å². The van der Waals surface area contributed by atoms with Gasteiger partial charge in [0.2, 0.25) is 11.8 Å². The Labute approximate surface area is 143 Å². The zero-order valence-corrected chi connectivity index (χ0v) is 13.8. The number of rotatable bonds is 6. The molecule has 7 nitrogen and oxygen atoms in total. The molecule has 0 spiro atoms. The molecule has 1 fully saturated rings. The van der Waals surface area contributed by atoms with Crippen LogP contribution in [0.3, 0.4) is 0 Å². The minimum absolute atomic E-state index is 0.0974. The maximum atomic E-state index is 11.6. The number of amides is 2. The van der Waals surface area contributed by atoms with Crippen LogP contribution in [0.15, 0.2) is 36.4 Å². The number of carbonyl (C=O) groups is 2. The lowest BCUT2D eigenvalue weighted by atomic mass is 10.1. The molecule has 24 heavy (non-hydrogen) atoms. The van der Waals surface area contributed by atoms with Crippen LogP contribution >= 0.6 is 11.8 Å². The molecule has 1 saturated heterocycles. The van der Waals surface area contributed by atoms with Crippen molar-refractivity contribution in [3.8, 4) is 5.88 Å². The lowest BCUT2D eigenvalue weighted by molar-refractivity contribution is -0.118. The summed E-state index contributed by atoms with van der Waals surface area (Å²) in [4.78, 5) is 22.8. The van der Waals surface area contributed by atoms with E-state index in [1.54, 1.807) is 17.8 Å². The monoisotopic (exact) mass is 347 g/mol. The number of nitrogens with one attached hydrogen (secondary N) is 1. The van der Waals surface area contributed by atoms with Gasteiger partial charge in [0, 0.05) is 19.5 Å². The molecule has 1 aliphatic rings. The summed E-state index contributed by atoms with van der Waals surface area (Å²) in [7, 11) is 1.72. The fourth-order valence-corrected chi connectivity index (χ4v) is 3.23. The zero-order valence-electron chi connectivity index (χ0n) is 13.0. The zero-order chi connectivity index (χ0) is 17.1. The SMILES string of the molecule is Cn1nc(CC2SC(=O)NC2=O)cc1OCC(O)c1ccccc1. The van der Waals surface area contributed by atoms with Crippen LogP contribution in [0.2, 0.25) is 0 Å². The van der Waals surface area contributed by atoms with Gasteiger partial charge >= 0.3 is 0 Å². The van der Waals surface area contributed by atoms with Crippen molar-refractivity contribution in [2.24, 2.45) is 7.05 Å². The molecule has 0 saturated carbocycles. The fourth-order valence-electron chi connectivity index (χ4n) is 2.39. The van der Waals surface area contributed by atoms with Gasteiger partial charge in [-0.3, -0.25) is 14.9 Å². The normalized spacial score (nSPS) is 18.5. The fraction of sp³-hybridized carbons (Fsp3) is 0.312. The summed E-state index contributed by atoms with van der Waals surface area (Å²) in [6, 6.07) is 11.0. The smallest absolute Gasteiger partial charge is 0.286 e. The van der Waals surface area contributed by atoms with Crippen LogP contribution in [-0.4, -0.2) is 37.9 Å². The molecule has 2 amide bonds. The first-order chi connectivity index (χ1) is 11.5. The third-order valence-electron chi connectivity index (χ3n) is 3.62. The third kappa shape index (κ3) is 3.77. The second kappa shape index (κ2) is 7.06. The summed E-state index contributed by atoms with van der Waals surface area (Å²) >= 11 is 0.969. The Hall–Kier alpha value is -2.32. The summed E-state index contributed by atoms with van der Waals surface area (Å²) in [5, 5.41) is 15.9. The predicted octanol–water partition coefficient (Wildman–Crippen LogP) is 1.43. The van der Waals surface area contributed by atoms with Crippen LogP contribution in [0.5, 0.6) is 5.88 Å². The van der Waals surface area contributed by atoms with E-state index in [1.807, 2.05) is 30.3 Å². The second-order valence-corrected chi connectivity index (χ2v) is 6.60. The molecule has 1 aliphatic heterocycles. The van der Waals surface area contributed by atoms with E-state index in [9.17, 15) is 14.7 Å². The van der Waals surface area contributed by atoms with Crippen LogP contribution in [0.25, 0.3) is 0 Å². The van der Waals surface area contributed by atoms with Gasteiger partial charge in [-0.05, 0) is 5.56 Å². The maximum absolute atomic E-state index is 11.6. The molecule has 1 aromatic carbocycles. The van der Waals surface area contributed by atoms with Gasteiger partial charge in [0.25, 0.3) is 5.24 Å². The standard InChI is InChI=1S/C16H17N3O4S/c1-19-14(23-9-12(20)10-5-3-2-4-6-10)8-11(18-19)7-13-15(21)17-16(22)24-13/h2-6,8,12-13,20H,7,9H2,1H3,(H,17,21,22). The predicted molar refractivity (Wildman–Crippen MR) is 88.7 cm³/mol. The van der Waals surface area contributed by atoms with E-state index < -0.39 is 11.4 Å². The second-order valence-electron chi connectivity index (χ2n) is 5.42. The van der Waals surface area contributed by atoms with Crippen molar-refractivity contribution in [1.29, 1.82) is 0 Å². The van der Waals surface area contributed by atoms with E-state index in [-0.39, 0.29) is 17.8 Å². The number of hydrogen-bond donors (Lipinski definition) is 2. The van der Waals surface area contributed by atoms with Crippen LogP contribution in [0, 0.1) is 0 Å². The molecular weight excluding hydrogens is 330 g/mol. The largest absolute Gasteiger partial charge is 0.475 e. The first-order valence-corrected chi connectivity index (χ1v) is 8.31. The molecule has 3 rings (SSSR count). The molecule has 2 aromatic rings. The molecule has 2 heterocycles. The third-order valence-corrected chi connectivity index (χ3v) is 4.60. The summed E-state index contributed by atoms with van der Waals surface area (Å²) in [6.45, 7) is 0.0974. The highest BCUT2D eigenvalue weighted by atomic mass is 32.2. The minimum atomic E-state index is -0.738. The number of aliphatic hydroxyl groups excluding tert-OH is 1. The van der Waals surface area contributed by atoms with Gasteiger partial charge in [-0.1, -0.05) is 42.1 Å². The van der Waals surface area contributed by atoms with E-state index in [0.717, 1.165) is 17.3 Å². The summed E-state index contributed by atoms with van der Waals surface area (Å²) in [6.07, 6.45) is -0.390. The topological polar surface area (TPSA) is 93.5 Å². The van der Waals surface area contributed by atoms with Crippen molar-refractivity contribution in [3.05, 3.63) is 47.7 Å². The average Bonchev–Trinajstić information content (AvgIpc) is 3.07. The van der Waals surface area contributed by atoms with Gasteiger partial charge in [-0.25, -0.2) is 4.68 Å². The lowest BCUT2D eigenvalue weighted by Gasteiger charge is -2.12.